The maximum atomic E-state index is 5.71. The number of likely N-dealkylation sites (tertiary alicyclic amines) is 1. The van der Waals surface area contributed by atoms with E-state index in [9.17, 15) is 0 Å². The van der Waals surface area contributed by atoms with E-state index in [0.29, 0.717) is 0 Å². The summed E-state index contributed by atoms with van der Waals surface area (Å²) in [6, 6.07) is 0. The van der Waals surface area contributed by atoms with Gasteiger partial charge in [-0.3, -0.25) is 0 Å². The first-order valence-electron chi connectivity index (χ1n) is 6.38. The van der Waals surface area contributed by atoms with Crippen molar-refractivity contribution in [3.8, 4) is 0 Å². The van der Waals surface area contributed by atoms with Crippen LogP contribution in [-0.4, -0.2) is 44.3 Å². The van der Waals surface area contributed by atoms with Crippen LogP contribution in [-0.2, 0) is 4.74 Å². The van der Waals surface area contributed by atoms with Gasteiger partial charge in [0.2, 0.25) is 0 Å². The van der Waals surface area contributed by atoms with Crippen LogP contribution in [0.25, 0.3) is 0 Å². The zero-order valence-corrected chi connectivity index (χ0v) is 9.66. The first-order valence-corrected chi connectivity index (χ1v) is 6.38. The maximum Gasteiger partial charge on any atom is 0.0593 e. The Labute approximate surface area is 93.0 Å². The molecule has 1 saturated heterocycles. The third-order valence-electron chi connectivity index (χ3n) is 3.54. The first-order chi connectivity index (χ1) is 7.38. The highest BCUT2D eigenvalue weighted by Crippen LogP contribution is 2.28. The van der Waals surface area contributed by atoms with Gasteiger partial charge in [-0.15, -0.1) is 0 Å². The average molecular weight is 212 g/mol. The molecule has 3 nitrogen and oxygen atoms in total. The third-order valence-corrected chi connectivity index (χ3v) is 3.54. The van der Waals surface area contributed by atoms with E-state index in [-0.39, 0.29) is 0 Å². The quantitative estimate of drug-likeness (QED) is 0.670. The van der Waals surface area contributed by atoms with E-state index in [2.05, 4.69) is 4.90 Å². The van der Waals surface area contributed by atoms with Crippen molar-refractivity contribution in [3.05, 3.63) is 0 Å². The molecule has 88 valence electrons. The molecule has 1 heterocycles. The summed E-state index contributed by atoms with van der Waals surface area (Å²) in [5, 5.41) is 0. The van der Waals surface area contributed by atoms with Crippen LogP contribution in [0.15, 0.2) is 0 Å². The summed E-state index contributed by atoms with van der Waals surface area (Å²) in [6.45, 7) is 6.27. The van der Waals surface area contributed by atoms with Gasteiger partial charge in [0.15, 0.2) is 0 Å². The zero-order chi connectivity index (χ0) is 10.5. The van der Waals surface area contributed by atoms with Gasteiger partial charge in [0.1, 0.15) is 0 Å². The Morgan fingerprint density at radius 1 is 1.20 bits per heavy atom. The monoisotopic (exact) mass is 212 g/mol. The number of ether oxygens (including phenoxy) is 1. The van der Waals surface area contributed by atoms with Crippen molar-refractivity contribution < 1.29 is 4.74 Å². The molecule has 2 rings (SSSR count). The molecule has 0 spiro atoms. The Kier molecular flexibility index (Phi) is 4.42. The molecule has 15 heavy (non-hydrogen) atoms. The van der Waals surface area contributed by atoms with Gasteiger partial charge in [-0.05, 0) is 50.6 Å². The van der Waals surface area contributed by atoms with E-state index in [1.54, 1.807) is 0 Å². The second-order valence-electron chi connectivity index (χ2n) is 5.06. The molecule has 2 N–H and O–H groups in total. The summed E-state index contributed by atoms with van der Waals surface area (Å²) in [7, 11) is 0. The molecule has 0 aromatic carbocycles. The van der Waals surface area contributed by atoms with Crippen molar-refractivity contribution >= 4 is 0 Å². The molecule has 1 atom stereocenters. The number of hydrogen-bond donors (Lipinski definition) is 1. The first kappa shape index (κ1) is 11.4. The van der Waals surface area contributed by atoms with Gasteiger partial charge in [0.25, 0.3) is 0 Å². The summed E-state index contributed by atoms with van der Waals surface area (Å²) in [5.74, 6) is 1.62. The van der Waals surface area contributed by atoms with Gasteiger partial charge in [-0.2, -0.15) is 0 Å². The molecule has 1 unspecified atom stereocenters. The normalized spacial score (nSPS) is 28.2. The predicted molar refractivity (Wildman–Crippen MR) is 61.8 cm³/mol. The third kappa shape index (κ3) is 4.09. The minimum atomic E-state index is 0.724. The summed E-state index contributed by atoms with van der Waals surface area (Å²) in [5.41, 5.74) is 5.71. The molecule has 2 aliphatic rings. The van der Waals surface area contributed by atoms with Crippen LogP contribution < -0.4 is 5.73 Å². The fourth-order valence-electron chi connectivity index (χ4n) is 2.27. The van der Waals surface area contributed by atoms with Crippen molar-refractivity contribution in [2.24, 2.45) is 17.6 Å². The van der Waals surface area contributed by atoms with E-state index in [1.165, 1.54) is 38.8 Å². The van der Waals surface area contributed by atoms with E-state index < -0.39 is 0 Å². The van der Waals surface area contributed by atoms with Gasteiger partial charge >= 0.3 is 0 Å². The minimum absolute atomic E-state index is 0.724. The highest BCUT2D eigenvalue weighted by atomic mass is 16.5. The van der Waals surface area contributed by atoms with Crippen LogP contribution in [0.2, 0.25) is 0 Å². The van der Waals surface area contributed by atoms with Crippen LogP contribution in [0.5, 0.6) is 0 Å². The molecule has 1 aliphatic heterocycles. The minimum Gasteiger partial charge on any atom is -0.380 e. The van der Waals surface area contributed by atoms with Crippen LogP contribution >= 0.6 is 0 Å². The van der Waals surface area contributed by atoms with Crippen LogP contribution in [0, 0.1) is 11.8 Å². The Morgan fingerprint density at radius 2 is 2.07 bits per heavy atom. The van der Waals surface area contributed by atoms with Gasteiger partial charge in [0, 0.05) is 19.7 Å². The van der Waals surface area contributed by atoms with Crippen molar-refractivity contribution in [1.82, 2.24) is 4.90 Å². The van der Waals surface area contributed by atoms with Crippen molar-refractivity contribution in [3.63, 3.8) is 0 Å². The van der Waals surface area contributed by atoms with Crippen LogP contribution in [0.4, 0.5) is 0 Å². The molecule has 1 saturated carbocycles. The highest BCUT2D eigenvalue weighted by molar-refractivity contribution is 4.74. The topological polar surface area (TPSA) is 38.5 Å². The molecule has 1 aliphatic carbocycles. The van der Waals surface area contributed by atoms with E-state index in [0.717, 1.165) is 38.1 Å². The fraction of sp³-hybridized carbons (Fsp3) is 1.00. The lowest BCUT2D eigenvalue weighted by Crippen LogP contribution is -2.40. The van der Waals surface area contributed by atoms with E-state index >= 15 is 0 Å². The lowest BCUT2D eigenvalue weighted by molar-refractivity contribution is 0.0803. The van der Waals surface area contributed by atoms with Crippen molar-refractivity contribution in [2.45, 2.75) is 25.7 Å². The van der Waals surface area contributed by atoms with E-state index in [1.807, 2.05) is 0 Å². The standard InChI is InChI=1S/C12H24N2O/c13-8-12-2-1-5-14(9-12)6-7-15-10-11-3-4-11/h11-12H,1-10,13H2. The highest BCUT2D eigenvalue weighted by Gasteiger charge is 2.22. The number of rotatable bonds is 6. The molecule has 3 heteroatoms. The Balaban J connectivity index is 1.52. The molecule has 0 bridgehead atoms. The Bertz CT molecular complexity index is 182. The maximum absolute atomic E-state index is 5.71. The smallest absolute Gasteiger partial charge is 0.0593 e. The molecular formula is C12H24N2O. The average Bonchev–Trinajstić information content (AvgIpc) is 3.09. The van der Waals surface area contributed by atoms with Crippen molar-refractivity contribution in [1.29, 1.82) is 0 Å². The number of nitrogens with zero attached hydrogens (tertiary/aromatic N) is 1. The summed E-state index contributed by atoms with van der Waals surface area (Å²) in [6.07, 6.45) is 5.40. The van der Waals surface area contributed by atoms with Gasteiger partial charge in [-0.1, -0.05) is 0 Å². The second-order valence-corrected chi connectivity index (χ2v) is 5.06. The molecule has 0 radical (unpaired) electrons. The number of nitrogens with two attached hydrogens (primary N) is 1. The molecular weight excluding hydrogens is 188 g/mol. The molecule has 0 aromatic heterocycles. The van der Waals surface area contributed by atoms with Gasteiger partial charge in [-0.25, -0.2) is 0 Å². The lowest BCUT2D eigenvalue weighted by atomic mass is 9.98. The van der Waals surface area contributed by atoms with Gasteiger partial charge < -0.3 is 15.4 Å². The molecule has 2 fully saturated rings. The van der Waals surface area contributed by atoms with Crippen molar-refractivity contribution in [2.75, 3.05) is 39.4 Å². The van der Waals surface area contributed by atoms with Gasteiger partial charge in [0.05, 0.1) is 6.61 Å². The lowest BCUT2D eigenvalue weighted by Gasteiger charge is -2.31. The summed E-state index contributed by atoms with van der Waals surface area (Å²) < 4.78 is 5.66. The summed E-state index contributed by atoms with van der Waals surface area (Å²) in [4.78, 5) is 2.51. The van der Waals surface area contributed by atoms with Crippen LogP contribution in [0.3, 0.4) is 0 Å². The largest absolute Gasteiger partial charge is 0.380 e. The zero-order valence-electron chi connectivity index (χ0n) is 9.66. The van der Waals surface area contributed by atoms with Crippen LogP contribution in [0.1, 0.15) is 25.7 Å². The number of hydrogen-bond acceptors (Lipinski definition) is 3. The predicted octanol–water partition coefficient (Wildman–Crippen LogP) is 1.08. The fourth-order valence-corrected chi connectivity index (χ4v) is 2.27. The SMILES string of the molecule is NCC1CCCN(CCOCC2CC2)C1. The second kappa shape index (κ2) is 5.83. The molecule has 0 aromatic rings. The summed E-state index contributed by atoms with van der Waals surface area (Å²) >= 11 is 0. The van der Waals surface area contributed by atoms with E-state index in [4.69, 9.17) is 10.5 Å². The Hall–Kier alpha value is -0.120. The Morgan fingerprint density at radius 3 is 2.80 bits per heavy atom. The number of piperidine rings is 1. The molecule has 0 amide bonds.